The number of nitrogens with zero attached hydrogens (tertiary/aromatic N) is 1. The zero-order valence-electron chi connectivity index (χ0n) is 8.86. The summed E-state index contributed by atoms with van der Waals surface area (Å²) in [7, 11) is 0. The van der Waals surface area contributed by atoms with Gasteiger partial charge in [0.05, 0.1) is 0 Å². The first-order valence-corrected chi connectivity index (χ1v) is 5.26. The highest BCUT2D eigenvalue weighted by atomic mass is 32.1. The largest absolute Gasteiger partial charge is 0.573 e. The van der Waals surface area contributed by atoms with Crippen LogP contribution in [0, 0.1) is 4.64 Å². The summed E-state index contributed by atoms with van der Waals surface area (Å²) in [6.45, 7) is 0. The molecule has 0 saturated carbocycles. The third-order valence-electron chi connectivity index (χ3n) is 2.03. The fourth-order valence-corrected chi connectivity index (χ4v) is 1.49. The van der Waals surface area contributed by atoms with Crippen LogP contribution >= 0.6 is 12.2 Å². The molecule has 1 aromatic heterocycles. The number of aromatic nitrogens is 2. The Morgan fingerprint density at radius 1 is 1.11 bits per heavy atom. The van der Waals surface area contributed by atoms with E-state index in [2.05, 4.69) is 14.7 Å². The highest BCUT2D eigenvalue weighted by Crippen LogP contribution is 2.24. The molecule has 0 aliphatic heterocycles. The van der Waals surface area contributed by atoms with Crippen LogP contribution in [0.3, 0.4) is 0 Å². The molecule has 0 radical (unpaired) electrons. The Kier molecular flexibility index (Phi) is 3.33. The van der Waals surface area contributed by atoms with Gasteiger partial charge in [-0.3, -0.25) is 0 Å². The average molecular weight is 272 g/mol. The molecule has 3 nitrogen and oxygen atoms in total. The molecule has 0 unspecified atom stereocenters. The fraction of sp³-hybridized carbons (Fsp3) is 0.0909. The van der Waals surface area contributed by atoms with Crippen molar-refractivity contribution >= 4 is 12.2 Å². The van der Waals surface area contributed by atoms with Gasteiger partial charge in [-0.1, -0.05) is 12.2 Å². The van der Waals surface area contributed by atoms with Crippen molar-refractivity contribution < 1.29 is 17.9 Å². The van der Waals surface area contributed by atoms with Crippen LogP contribution in [0.25, 0.3) is 11.4 Å². The summed E-state index contributed by atoms with van der Waals surface area (Å²) in [6.07, 6.45) is -3.17. The first-order valence-electron chi connectivity index (χ1n) is 4.85. The van der Waals surface area contributed by atoms with E-state index in [0.717, 1.165) is 0 Å². The van der Waals surface area contributed by atoms with Crippen LogP contribution in [0.2, 0.25) is 0 Å². The Morgan fingerprint density at radius 3 is 2.33 bits per heavy atom. The van der Waals surface area contributed by atoms with Crippen LogP contribution in [0.5, 0.6) is 5.75 Å². The topological polar surface area (TPSA) is 37.9 Å². The number of alkyl halides is 3. The second kappa shape index (κ2) is 4.77. The highest BCUT2D eigenvalue weighted by molar-refractivity contribution is 7.71. The van der Waals surface area contributed by atoms with Crippen molar-refractivity contribution in [3.63, 3.8) is 0 Å². The molecule has 94 valence electrons. The number of rotatable bonds is 2. The number of halogens is 3. The van der Waals surface area contributed by atoms with Crippen LogP contribution in [-0.2, 0) is 0 Å². The van der Waals surface area contributed by atoms with Crippen LogP contribution in [-0.4, -0.2) is 16.3 Å². The number of nitrogens with one attached hydrogen (secondary N) is 1. The van der Waals surface area contributed by atoms with Crippen molar-refractivity contribution in [3.8, 4) is 17.1 Å². The molecule has 0 bridgehead atoms. The van der Waals surface area contributed by atoms with Gasteiger partial charge in [0.15, 0.2) is 0 Å². The van der Waals surface area contributed by atoms with Crippen LogP contribution in [0.4, 0.5) is 13.2 Å². The highest BCUT2D eigenvalue weighted by Gasteiger charge is 2.30. The Morgan fingerprint density at radius 2 is 1.78 bits per heavy atom. The SMILES string of the molecule is FC(F)(F)Oc1ccc(-c2nccc(=S)[nH]2)cc1. The Balaban J connectivity index is 2.25. The molecule has 2 rings (SSSR count). The smallest absolute Gasteiger partial charge is 0.406 e. The van der Waals surface area contributed by atoms with Crippen molar-refractivity contribution in [2.75, 3.05) is 0 Å². The summed E-state index contributed by atoms with van der Waals surface area (Å²) in [4.78, 5) is 6.86. The van der Waals surface area contributed by atoms with E-state index in [1.807, 2.05) is 0 Å². The van der Waals surface area contributed by atoms with Gasteiger partial charge < -0.3 is 9.72 Å². The molecule has 2 aromatic rings. The van der Waals surface area contributed by atoms with Crippen LogP contribution in [0.1, 0.15) is 0 Å². The zero-order valence-corrected chi connectivity index (χ0v) is 9.68. The second-order valence-electron chi connectivity index (χ2n) is 3.35. The molecular formula is C11H7F3N2OS. The minimum absolute atomic E-state index is 0.277. The monoisotopic (exact) mass is 272 g/mol. The van der Waals surface area contributed by atoms with Crippen LogP contribution in [0.15, 0.2) is 36.5 Å². The molecule has 0 atom stereocenters. The summed E-state index contributed by atoms with van der Waals surface area (Å²) < 4.78 is 40.2. The molecule has 0 spiro atoms. The van der Waals surface area contributed by atoms with Crippen molar-refractivity contribution in [1.82, 2.24) is 9.97 Å². The minimum Gasteiger partial charge on any atom is -0.406 e. The predicted octanol–water partition coefficient (Wildman–Crippen LogP) is 3.70. The Bertz CT molecular complexity index is 592. The quantitative estimate of drug-likeness (QED) is 0.847. The number of H-pyrrole nitrogens is 1. The maximum absolute atomic E-state index is 12.0. The summed E-state index contributed by atoms with van der Waals surface area (Å²) in [6, 6.07) is 6.98. The molecule has 7 heteroatoms. The van der Waals surface area contributed by atoms with Crippen molar-refractivity contribution in [1.29, 1.82) is 0 Å². The number of ether oxygens (including phenoxy) is 1. The van der Waals surface area contributed by atoms with E-state index in [1.54, 1.807) is 6.07 Å². The van der Waals surface area contributed by atoms with E-state index in [1.165, 1.54) is 30.5 Å². The van der Waals surface area contributed by atoms with Gasteiger partial charge in [0, 0.05) is 11.8 Å². The van der Waals surface area contributed by atoms with Gasteiger partial charge in [-0.2, -0.15) is 0 Å². The maximum Gasteiger partial charge on any atom is 0.573 e. The van der Waals surface area contributed by atoms with Gasteiger partial charge in [0.2, 0.25) is 0 Å². The van der Waals surface area contributed by atoms with E-state index in [-0.39, 0.29) is 5.75 Å². The second-order valence-corrected chi connectivity index (χ2v) is 3.79. The fourth-order valence-electron chi connectivity index (χ4n) is 1.33. The summed E-state index contributed by atoms with van der Waals surface area (Å²) in [5.74, 6) is 0.210. The molecule has 0 fully saturated rings. The zero-order chi connectivity index (χ0) is 13.2. The predicted molar refractivity (Wildman–Crippen MR) is 61.5 cm³/mol. The molecule has 18 heavy (non-hydrogen) atoms. The lowest BCUT2D eigenvalue weighted by atomic mass is 10.2. The van der Waals surface area contributed by atoms with Gasteiger partial charge in [-0.15, -0.1) is 13.2 Å². The van der Waals surface area contributed by atoms with Gasteiger partial charge in [0.25, 0.3) is 0 Å². The van der Waals surface area contributed by atoms with Gasteiger partial charge in [-0.05, 0) is 30.3 Å². The number of hydrogen-bond acceptors (Lipinski definition) is 3. The van der Waals surface area contributed by atoms with Crippen molar-refractivity contribution in [3.05, 3.63) is 41.2 Å². The van der Waals surface area contributed by atoms with E-state index in [9.17, 15) is 13.2 Å². The molecule has 0 amide bonds. The van der Waals surface area contributed by atoms with Gasteiger partial charge in [0.1, 0.15) is 16.2 Å². The lowest BCUT2D eigenvalue weighted by molar-refractivity contribution is -0.274. The van der Waals surface area contributed by atoms with Gasteiger partial charge in [-0.25, -0.2) is 4.98 Å². The maximum atomic E-state index is 12.0. The summed E-state index contributed by atoms with van der Waals surface area (Å²) in [5, 5.41) is 0. The average Bonchev–Trinajstić information content (AvgIpc) is 2.28. The standard InChI is InChI=1S/C11H7F3N2OS/c12-11(13,14)17-8-3-1-7(2-4-8)10-15-6-5-9(18)16-10/h1-6H,(H,15,16,18). The molecule has 1 heterocycles. The minimum atomic E-state index is -4.69. The first kappa shape index (κ1) is 12.6. The Hall–Kier alpha value is -1.89. The van der Waals surface area contributed by atoms with Crippen molar-refractivity contribution in [2.24, 2.45) is 0 Å². The normalized spacial score (nSPS) is 11.3. The third-order valence-corrected chi connectivity index (χ3v) is 2.27. The molecular weight excluding hydrogens is 265 g/mol. The van der Waals surface area contributed by atoms with Gasteiger partial charge >= 0.3 is 6.36 Å². The Labute approximate surface area is 105 Å². The lowest BCUT2D eigenvalue weighted by Crippen LogP contribution is -2.16. The number of benzene rings is 1. The van der Waals surface area contributed by atoms with E-state index < -0.39 is 6.36 Å². The number of aromatic amines is 1. The molecule has 0 aliphatic rings. The van der Waals surface area contributed by atoms with E-state index >= 15 is 0 Å². The van der Waals surface area contributed by atoms with E-state index in [4.69, 9.17) is 12.2 Å². The van der Waals surface area contributed by atoms with E-state index in [0.29, 0.717) is 16.0 Å². The molecule has 0 saturated heterocycles. The summed E-state index contributed by atoms with van der Waals surface area (Å²) >= 11 is 4.93. The van der Waals surface area contributed by atoms with Crippen molar-refractivity contribution in [2.45, 2.75) is 6.36 Å². The third kappa shape index (κ3) is 3.30. The van der Waals surface area contributed by atoms with Crippen LogP contribution < -0.4 is 4.74 Å². The molecule has 1 aromatic carbocycles. The lowest BCUT2D eigenvalue weighted by Gasteiger charge is -2.09. The first-order chi connectivity index (χ1) is 8.44. The summed E-state index contributed by atoms with van der Waals surface area (Å²) in [5.41, 5.74) is 0.622. The molecule has 0 aliphatic carbocycles. The number of hydrogen-bond donors (Lipinski definition) is 1. The molecule has 1 N–H and O–H groups in total.